The summed E-state index contributed by atoms with van der Waals surface area (Å²) in [4.78, 5) is 6.90. The zero-order chi connectivity index (χ0) is 12.4. The van der Waals surface area contributed by atoms with Gasteiger partial charge >= 0.3 is 0 Å². The maximum atomic E-state index is 5.97. The number of aryl methyl sites for hydroxylation is 1. The molecule has 1 fully saturated rings. The molecule has 1 aliphatic rings. The van der Waals surface area contributed by atoms with Gasteiger partial charge in [0.05, 0.1) is 0 Å². The molecule has 0 aromatic carbocycles. The standard InChI is InChI=1S/C14H23N3/c1-4-12(15)8-11-7-10(2)14(16-9-11)17(3)13-5-6-13/h7,9,12-13H,4-6,8,15H2,1-3H3. The van der Waals surface area contributed by atoms with Crippen LogP contribution in [0.25, 0.3) is 0 Å². The largest absolute Gasteiger partial charge is 0.356 e. The minimum atomic E-state index is 0.253. The van der Waals surface area contributed by atoms with Crippen molar-refractivity contribution in [2.75, 3.05) is 11.9 Å². The second-order valence-electron chi connectivity index (χ2n) is 5.20. The van der Waals surface area contributed by atoms with Crippen molar-refractivity contribution in [2.45, 2.75) is 51.6 Å². The predicted molar refractivity (Wildman–Crippen MR) is 72.4 cm³/mol. The molecular formula is C14H23N3. The first-order chi connectivity index (χ1) is 8.11. The van der Waals surface area contributed by atoms with Crippen molar-refractivity contribution in [3.05, 3.63) is 23.4 Å². The Bertz CT molecular complexity index is 385. The van der Waals surface area contributed by atoms with Gasteiger partial charge in [-0.25, -0.2) is 4.98 Å². The molecule has 1 aliphatic carbocycles. The van der Waals surface area contributed by atoms with Gasteiger partial charge in [-0.05, 0) is 43.7 Å². The topological polar surface area (TPSA) is 42.1 Å². The Morgan fingerprint density at radius 1 is 1.53 bits per heavy atom. The van der Waals surface area contributed by atoms with Gasteiger partial charge in [0.1, 0.15) is 5.82 Å². The maximum absolute atomic E-state index is 5.97. The van der Waals surface area contributed by atoms with Crippen LogP contribution in [0.4, 0.5) is 5.82 Å². The van der Waals surface area contributed by atoms with Crippen LogP contribution in [0.2, 0.25) is 0 Å². The number of nitrogens with two attached hydrogens (primary N) is 1. The summed E-state index contributed by atoms with van der Waals surface area (Å²) in [6, 6.07) is 3.20. The van der Waals surface area contributed by atoms with Crippen molar-refractivity contribution < 1.29 is 0 Å². The van der Waals surface area contributed by atoms with Crippen LogP contribution in [0.15, 0.2) is 12.3 Å². The second kappa shape index (κ2) is 5.05. The van der Waals surface area contributed by atoms with E-state index in [4.69, 9.17) is 5.73 Å². The normalized spacial score (nSPS) is 16.9. The molecule has 2 rings (SSSR count). The highest BCUT2D eigenvalue weighted by Gasteiger charge is 2.27. The molecule has 3 nitrogen and oxygen atoms in total. The summed E-state index contributed by atoms with van der Waals surface area (Å²) in [5.74, 6) is 1.13. The predicted octanol–water partition coefficient (Wildman–Crippen LogP) is 2.27. The van der Waals surface area contributed by atoms with E-state index < -0.39 is 0 Å². The van der Waals surface area contributed by atoms with Gasteiger partial charge in [0.2, 0.25) is 0 Å². The average molecular weight is 233 g/mol. The first-order valence-electron chi connectivity index (χ1n) is 6.55. The fourth-order valence-corrected chi connectivity index (χ4v) is 2.19. The molecule has 17 heavy (non-hydrogen) atoms. The highest BCUT2D eigenvalue weighted by Crippen LogP contribution is 2.30. The lowest BCUT2D eigenvalue weighted by atomic mass is 10.0. The van der Waals surface area contributed by atoms with Crippen molar-refractivity contribution >= 4 is 5.82 Å². The minimum Gasteiger partial charge on any atom is -0.356 e. The highest BCUT2D eigenvalue weighted by molar-refractivity contribution is 5.48. The molecule has 1 unspecified atom stereocenters. The smallest absolute Gasteiger partial charge is 0.131 e. The Kier molecular flexibility index (Phi) is 3.67. The first kappa shape index (κ1) is 12.4. The minimum absolute atomic E-state index is 0.253. The molecule has 1 aromatic heterocycles. The molecule has 3 heteroatoms. The molecule has 0 aliphatic heterocycles. The van der Waals surface area contributed by atoms with Gasteiger partial charge < -0.3 is 10.6 Å². The Morgan fingerprint density at radius 2 is 2.24 bits per heavy atom. The number of hydrogen-bond acceptors (Lipinski definition) is 3. The Hall–Kier alpha value is -1.09. The average Bonchev–Trinajstić information content (AvgIpc) is 3.12. The van der Waals surface area contributed by atoms with Crippen LogP contribution >= 0.6 is 0 Å². The van der Waals surface area contributed by atoms with Gasteiger partial charge in [0, 0.05) is 25.3 Å². The zero-order valence-electron chi connectivity index (χ0n) is 11.1. The summed E-state index contributed by atoms with van der Waals surface area (Å²) in [5.41, 5.74) is 8.49. The summed E-state index contributed by atoms with van der Waals surface area (Å²) >= 11 is 0. The molecule has 1 atom stereocenters. The van der Waals surface area contributed by atoms with Crippen LogP contribution in [0.5, 0.6) is 0 Å². The van der Waals surface area contributed by atoms with Gasteiger partial charge in [0.15, 0.2) is 0 Å². The van der Waals surface area contributed by atoms with E-state index in [1.165, 1.54) is 24.0 Å². The lowest BCUT2D eigenvalue weighted by Gasteiger charge is -2.20. The summed E-state index contributed by atoms with van der Waals surface area (Å²) in [6.07, 6.45) is 6.54. The molecule has 94 valence electrons. The molecule has 1 saturated carbocycles. The number of hydrogen-bond donors (Lipinski definition) is 1. The summed E-state index contributed by atoms with van der Waals surface area (Å²) in [7, 11) is 2.14. The zero-order valence-corrected chi connectivity index (χ0v) is 11.1. The van der Waals surface area contributed by atoms with E-state index in [1.807, 2.05) is 6.20 Å². The lowest BCUT2D eigenvalue weighted by molar-refractivity contribution is 0.644. The van der Waals surface area contributed by atoms with E-state index in [1.54, 1.807) is 0 Å². The second-order valence-corrected chi connectivity index (χ2v) is 5.20. The van der Waals surface area contributed by atoms with Crippen molar-refractivity contribution in [3.63, 3.8) is 0 Å². The lowest BCUT2D eigenvalue weighted by Crippen LogP contribution is -2.23. The van der Waals surface area contributed by atoms with Crippen molar-refractivity contribution in [1.29, 1.82) is 0 Å². The number of nitrogens with zero attached hydrogens (tertiary/aromatic N) is 2. The van der Waals surface area contributed by atoms with Crippen LogP contribution in [0.1, 0.15) is 37.3 Å². The molecular weight excluding hydrogens is 210 g/mol. The molecule has 1 heterocycles. The van der Waals surface area contributed by atoms with Gasteiger partial charge in [-0.1, -0.05) is 13.0 Å². The summed E-state index contributed by atoms with van der Waals surface area (Å²) in [6.45, 7) is 4.27. The van der Waals surface area contributed by atoms with E-state index in [0.717, 1.165) is 18.7 Å². The van der Waals surface area contributed by atoms with Gasteiger partial charge in [0.25, 0.3) is 0 Å². The molecule has 0 amide bonds. The third kappa shape index (κ3) is 2.97. The maximum Gasteiger partial charge on any atom is 0.131 e. The number of anilines is 1. The third-order valence-electron chi connectivity index (χ3n) is 3.56. The van der Waals surface area contributed by atoms with Crippen molar-refractivity contribution in [1.82, 2.24) is 4.98 Å². The fourth-order valence-electron chi connectivity index (χ4n) is 2.19. The molecule has 2 N–H and O–H groups in total. The molecule has 0 spiro atoms. The fraction of sp³-hybridized carbons (Fsp3) is 0.643. The Morgan fingerprint density at radius 3 is 2.76 bits per heavy atom. The third-order valence-corrected chi connectivity index (χ3v) is 3.56. The molecule has 1 aromatic rings. The van der Waals surface area contributed by atoms with Gasteiger partial charge in [-0.2, -0.15) is 0 Å². The van der Waals surface area contributed by atoms with Crippen LogP contribution in [0, 0.1) is 6.92 Å². The van der Waals surface area contributed by atoms with E-state index in [0.29, 0.717) is 6.04 Å². The number of pyridine rings is 1. The van der Waals surface area contributed by atoms with E-state index >= 15 is 0 Å². The van der Waals surface area contributed by atoms with E-state index in [-0.39, 0.29) is 6.04 Å². The molecule has 0 bridgehead atoms. The monoisotopic (exact) mass is 233 g/mol. The Balaban J connectivity index is 2.10. The van der Waals surface area contributed by atoms with Crippen molar-refractivity contribution in [2.24, 2.45) is 5.73 Å². The van der Waals surface area contributed by atoms with Gasteiger partial charge in [-0.3, -0.25) is 0 Å². The number of aromatic nitrogens is 1. The Labute approximate surface area is 104 Å². The molecule has 0 saturated heterocycles. The first-order valence-corrected chi connectivity index (χ1v) is 6.55. The van der Waals surface area contributed by atoms with Crippen LogP contribution in [-0.4, -0.2) is 24.1 Å². The van der Waals surface area contributed by atoms with Gasteiger partial charge in [-0.15, -0.1) is 0 Å². The summed E-state index contributed by atoms with van der Waals surface area (Å²) in [5, 5.41) is 0. The highest BCUT2D eigenvalue weighted by atomic mass is 15.2. The summed E-state index contributed by atoms with van der Waals surface area (Å²) < 4.78 is 0. The van der Waals surface area contributed by atoms with Crippen LogP contribution in [-0.2, 0) is 6.42 Å². The van der Waals surface area contributed by atoms with Crippen LogP contribution in [0.3, 0.4) is 0 Å². The quantitative estimate of drug-likeness (QED) is 0.848. The van der Waals surface area contributed by atoms with Crippen LogP contribution < -0.4 is 10.6 Å². The van der Waals surface area contributed by atoms with E-state index in [2.05, 4.69) is 36.8 Å². The molecule has 0 radical (unpaired) electrons. The number of rotatable bonds is 5. The van der Waals surface area contributed by atoms with Crippen molar-refractivity contribution in [3.8, 4) is 0 Å². The van der Waals surface area contributed by atoms with E-state index in [9.17, 15) is 0 Å². The SMILES string of the molecule is CCC(N)Cc1cnc(N(C)C2CC2)c(C)c1.